The lowest BCUT2D eigenvalue weighted by atomic mass is 10.2. The average Bonchev–Trinajstić information content (AvgIpc) is 2.73. The predicted molar refractivity (Wildman–Crippen MR) is 104 cm³/mol. The van der Waals surface area contributed by atoms with Gasteiger partial charge < -0.3 is 10.1 Å². The van der Waals surface area contributed by atoms with Gasteiger partial charge in [-0.25, -0.2) is 15.0 Å². The maximum absolute atomic E-state index is 12.8. The van der Waals surface area contributed by atoms with Crippen molar-refractivity contribution >= 4 is 22.5 Å². The molecule has 8 heteroatoms. The number of fused-ring (bicyclic) bond motifs is 1. The van der Waals surface area contributed by atoms with E-state index in [1.54, 1.807) is 31.5 Å². The van der Waals surface area contributed by atoms with Crippen LogP contribution < -0.4 is 10.1 Å². The van der Waals surface area contributed by atoms with Crippen LogP contribution in [0.1, 0.15) is 5.56 Å². The van der Waals surface area contributed by atoms with Crippen molar-refractivity contribution in [2.45, 2.75) is 6.18 Å². The lowest BCUT2D eigenvalue weighted by Crippen LogP contribution is -2.05. The van der Waals surface area contributed by atoms with Gasteiger partial charge in [0.25, 0.3) is 0 Å². The number of benzene rings is 2. The molecule has 2 heterocycles. The van der Waals surface area contributed by atoms with Crippen molar-refractivity contribution in [2.75, 3.05) is 12.4 Å². The topological polar surface area (TPSA) is 59.9 Å². The Labute approximate surface area is 164 Å². The van der Waals surface area contributed by atoms with Crippen LogP contribution in [0.3, 0.4) is 0 Å². The van der Waals surface area contributed by atoms with E-state index in [0.29, 0.717) is 34.1 Å². The number of rotatable bonds is 4. The summed E-state index contributed by atoms with van der Waals surface area (Å²) >= 11 is 0. The van der Waals surface area contributed by atoms with E-state index in [2.05, 4.69) is 20.3 Å². The molecular formula is C21H15F3N4O. The van der Waals surface area contributed by atoms with Gasteiger partial charge in [0.1, 0.15) is 11.6 Å². The van der Waals surface area contributed by atoms with Crippen molar-refractivity contribution in [1.29, 1.82) is 0 Å². The zero-order chi connectivity index (χ0) is 20.4. The van der Waals surface area contributed by atoms with Gasteiger partial charge in [-0.1, -0.05) is 12.1 Å². The largest absolute Gasteiger partial charge is 0.497 e. The minimum absolute atomic E-state index is 0.421. The van der Waals surface area contributed by atoms with Crippen molar-refractivity contribution in [1.82, 2.24) is 15.0 Å². The first kappa shape index (κ1) is 18.7. The lowest BCUT2D eigenvalue weighted by molar-refractivity contribution is -0.137. The molecule has 29 heavy (non-hydrogen) atoms. The van der Waals surface area contributed by atoms with E-state index in [-0.39, 0.29) is 0 Å². The van der Waals surface area contributed by atoms with Crippen LogP contribution in [0.4, 0.5) is 24.7 Å². The average molecular weight is 396 g/mol. The fraction of sp³-hybridized carbons (Fsp3) is 0.0952. The summed E-state index contributed by atoms with van der Waals surface area (Å²) in [4.78, 5) is 13.4. The zero-order valence-corrected chi connectivity index (χ0v) is 15.2. The van der Waals surface area contributed by atoms with Gasteiger partial charge in [0, 0.05) is 17.4 Å². The summed E-state index contributed by atoms with van der Waals surface area (Å²) in [6, 6.07) is 15.6. The minimum Gasteiger partial charge on any atom is -0.497 e. The van der Waals surface area contributed by atoms with Crippen LogP contribution in [0.2, 0.25) is 0 Å². The van der Waals surface area contributed by atoms with E-state index < -0.39 is 11.7 Å². The highest BCUT2D eigenvalue weighted by atomic mass is 19.4. The summed E-state index contributed by atoms with van der Waals surface area (Å²) in [7, 11) is 1.57. The predicted octanol–water partition coefficient (Wildman–Crippen LogP) is 5.46. The van der Waals surface area contributed by atoms with E-state index in [1.165, 1.54) is 12.1 Å². The third kappa shape index (κ3) is 3.96. The Hall–Kier alpha value is -3.68. The first-order chi connectivity index (χ1) is 13.9. The van der Waals surface area contributed by atoms with Crippen LogP contribution in [0, 0.1) is 0 Å². The highest BCUT2D eigenvalue weighted by molar-refractivity contribution is 5.89. The molecule has 0 aliphatic heterocycles. The highest BCUT2D eigenvalue weighted by Gasteiger charge is 2.30. The van der Waals surface area contributed by atoms with Crippen molar-refractivity contribution in [2.24, 2.45) is 0 Å². The van der Waals surface area contributed by atoms with Crippen LogP contribution in [0.25, 0.3) is 22.4 Å². The highest BCUT2D eigenvalue weighted by Crippen LogP contribution is 2.31. The number of alkyl halides is 3. The van der Waals surface area contributed by atoms with Gasteiger partial charge in [-0.15, -0.1) is 0 Å². The van der Waals surface area contributed by atoms with E-state index in [0.717, 1.165) is 17.7 Å². The maximum Gasteiger partial charge on any atom is 0.416 e. The first-order valence-electron chi connectivity index (χ1n) is 8.65. The normalized spacial score (nSPS) is 11.4. The molecule has 2 aromatic carbocycles. The number of halogens is 3. The summed E-state index contributed by atoms with van der Waals surface area (Å²) in [5.74, 6) is 1.52. The quantitative estimate of drug-likeness (QED) is 0.496. The number of hydrogen-bond acceptors (Lipinski definition) is 5. The number of nitrogens with zero attached hydrogens (tertiary/aromatic N) is 3. The van der Waals surface area contributed by atoms with E-state index in [1.807, 2.05) is 18.2 Å². The molecule has 4 aromatic rings. The van der Waals surface area contributed by atoms with E-state index in [9.17, 15) is 13.2 Å². The van der Waals surface area contributed by atoms with Crippen molar-refractivity contribution in [3.63, 3.8) is 0 Å². The standard InChI is InChI=1S/C21H15F3N4O/c1-29-16-5-2-4-13(12-16)18-27-19-17(6-3-11-25-19)20(28-18)26-15-9-7-14(8-10-15)21(22,23)24/h2-12H,1H3,(H,25,26,27,28). The van der Waals surface area contributed by atoms with Gasteiger partial charge >= 0.3 is 6.18 Å². The molecule has 5 nitrogen and oxygen atoms in total. The molecule has 2 aromatic heterocycles. The third-order valence-electron chi connectivity index (χ3n) is 4.27. The van der Waals surface area contributed by atoms with Crippen LogP contribution in [0.5, 0.6) is 5.75 Å². The summed E-state index contributed by atoms with van der Waals surface area (Å²) in [5, 5.41) is 3.73. The molecule has 0 saturated heterocycles. The monoisotopic (exact) mass is 396 g/mol. The molecule has 0 aliphatic rings. The number of methoxy groups -OCH3 is 1. The van der Waals surface area contributed by atoms with Gasteiger partial charge in [-0.2, -0.15) is 13.2 Å². The zero-order valence-electron chi connectivity index (χ0n) is 15.2. The molecule has 0 fully saturated rings. The Morgan fingerprint density at radius 2 is 1.72 bits per heavy atom. The van der Waals surface area contributed by atoms with Crippen molar-refractivity contribution in [3.8, 4) is 17.1 Å². The van der Waals surface area contributed by atoms with Crippen molar-refractivity contribution in [3.05, 3.63) is 72.4 Å². The van der Waals surface area contributed by atoms with Crippen LogP contribution >= 0.6 is 0 Å². The Morgan fingerprint density at radius 3 is 2.45 bits per heavy atom. The first-order valence-corrected chi connectivity index (χ1v) is 8.65. The van der Waals surface area contributed by atoms with Gasteiger partial charge in [0.15, 0.2) is 11.5 Å². The van der Waals surface area contributed by atoms with Crippen LogP contribution in [-0.4, -0.2) is 22.1 Å². The molecule has 146 valence electrons. The SMILES string of the molecule is COc1cccc(-c2nc(Nc3ccc(C(F)(F)F)cc3)c3cccnc3n2)c1. The number of ether oxygens (including phenoxy) is 1. The molecule has 4 rings (SSSR count). The lowest BCUT2D eigenvalue weighted by Gasteiger charge is -2.12. The number of aromatic nitrogens is 3. The van der Waals surface area contributed by atoms with Crippen LogP contribution in [0.15, 0.2) is 66.9 Å². The molecule has 0 bridgehead atoms. The van der Waals surface area contributed by atoms with E-state index in [4.69, 9.17) is 4.74 Å². The Kier molecular flexibility index (Phi) is 4.75. The summed E-state index contributed by atoms with van der Waals surface area (Å²) in [6.07, 6.45) is -2.77. The number of pyridine rings is 1. The summed E-state index contributed by atoms with van der Waals surface area (Å²) in [6.45, 7) is 0. The summed E-state index contributed by atoms with van der Waals surface area (Å²) < 4.78 is 43.6. The second-order valence-corrected chi connectivity index (χ2v) is 6.20. The minimum atomic E-state index is -4.39. The molecule has 1 N–H and O–H groups in total. The molecule has 0 spiro atoms. The molecule has 0 amide bonds. The van der Waals surface area contributed by atoms with E-state index >= 15 is 0 Å². The maximum atomic E-state index is 12.8. The van der Waals surface area contributed by atoms with Gasteiger partial charge in [-0.3, -0.25) is 0 Å². The van der Waals surface area contributed by atoms with Crippen LogP contribution in [-0.2, 0) is 6.18 Å². The molecule has 0 radical (unpaired) electrons. The molecular weight excluding hydrogens is 381 g/mol. The second kappa shape index (κ2) is 7.38. The Morgan fingerprint density at radius 1 is 0.931 bits per heavy atom. The number of nitrogens with one attached hydrogen (secondary N) is 1. The Bertz CT molecular complexity index is 1160. The fourth-order valence-corrected chi connectivity index (χ4v) is 2.83. The number of anilines is 2. The molecule has 0 atom stereocenters. The molecule has 0 saturated carbocycles. The smallest absolute Gasteiger partial charge is 0.416 e. The Balaban J connectivity index is 1.77. The van der Waals surface area contributed by atoms with Gasteiger partial charge in [-0.05, 0) is 48.5 Å². The van der Waals surface area contributed by atoms with Gasteiger partial charge in [0.05, 0.1) is 18.1 Å². The molecule has 0 unspecified atom stereocenters. The van der Waals surface area contributed by atoms with Gasteiger partial charge in [0.2, 0.25) is 0 Å². The number of hydrogen-bond donors (Lipinski definition) is 1. The van der Waals surface area contributed by atoms with Crippen molar-refractivity contribution < 1.29 is 17.9 Å². The molecule has 0 aliphatic carbocycles. The summed E-state index contributed by atoms with van der Waals surface area (Å²) in [5.41, 5.74) is 0.954. The third-order valence-corrected chi connectivity index (χ3v) is 4.27. The fourth-order valence-electron chi connectivity index (χ4n) is 2.83. The second-order valence-electron chi connectivity index (χ2n) is 6.20.